The number of nitrogens with two attached hydrogens (primary N) is 1. The number of carbonyl (C=O) groups excluding carboxylic acids is 1. The Morgan fingerprint density at radius 1 is 1.13 bits per heavy atom. The Morgan fingerprint density at radius 3 is 2.33 bits per heavy atom. The summed E-state index contributed by atoms with van der Waals surface area (Å²) in [6.45, 7) is 10.4. The Hall–Kier alpha value is -3.22. The number of primary amides is 1. The highest BCUT2D eigenvalue weighted by molar-refractivity contribution is 5.93. The lowest BCUT2D eigenvalue weighted by molar-refractivity contribution is 0.0991. The molecule has 1 amide bonds. The molecule has 2 N–H and O–H groups in total. The highest BCUT2D eigenvalue weighted by Crippen LogP contribution is 2.33. The molecule has 0 aliphatic heterocycles. The van der Waals surface area contributed by atoms with E-state index >= 15 is 0 Å². The highest BCUT2D eigenvalue weighted by atomic mass is 19.1. The maximum absolute atomic E-state index is 14.3. The van der Waals surface area contributed by atoms with Crippen molar-refractivity contribution >= 4 is 5.91 Å². The van der Waals surface area contributed by atoms with Gasteiger partial charge in [-0.2, -0.15) is 0 Å². The van der Waals surface area contributed by atoms with Gasteiger partial charge in [0.25, 0.3) is 5.91 Å². The SMILES string of the molecule is Cc1cc(C(C)(C)C)cc(C)c1-c1cc(COc2ccc(F)c(C(N)=O)c2F)no1. The molecule has 0 bridgehead atoms. The molecule has 7 heteroatoms. The lowest BCUT2D eigenvalue weighted by Crippen LogP contribution is -2.16. The summed E-state index contributed by atoms with van der Waals surface area (Å²) in [6.07, 6.45) is 0. The Balaban J connectivity index is 1.84. The second kappa shape index (κ2) is 7.89. The molecule has 0 atom stereocenters. The van der Waals surface area contributed by atoms with Crippen molar-refractivity contribution in [3.05, 3.63) is 69.9 Å². The van der Waals surface area contributed by atoms with Gasteiger partial charge in [-0.3, -0.25) is 4.79 Å². The molecule has 0 aliphatic carbocycles. The fourth-order valence-corrected chi connectivity index (χ4v) is 3.31. The molecule has 1 heterocycles. The molecular weight excluding hydrogens is 390 g/mol. The van der Waals surface area contributed by atoms with Crippen molar-refractivity contribution in [2.75, 3.05) is 0 Å². The lowest BCUT2D eigenvalue weighted by atomic mass is 9.83. The summed E-state index contributed by atoms with van der Waals surface area (Å²) in [7, 11) is 0. The maximum Gasteiger partial charge on any atom is 0.254 e. The smallest absolute Gasteiger partial charge is 0.254 e. The summed E-state index contributed by atoms with van der Waals surface area (Å²) in [5.41, 5.74) is 8.91. The van der Waals surface area contributed by atoms with E-state index in [0.717, 1.165) is 28.8 Å². The fraction of sp³-hybridized carbons (Fsp3) is 0.304. The molecule has 0 unspecified atom stereocenters. The van der Waals surface area contributed by atoms with Crippen LogP contribution in [0.1, 0.15) is 53.5 Å². The number of rotatable bonds is 5. The minimum atomic E-state index is -1.20. The molecule has 2 aromatic carbocycles. The van der Waals surface area contributed by atoms with Crippen LogP contribution in [0.15, 0.2) is 34.9 Å². The number of nitrogens with zero attached hydrogens (tertiary/aromatic N) is 1. The van der Waals surface area contributed by atoms with Crippen LogP contribution in [0.25, 0.3) is 11.3 Å². The molecule has 0 saturated heterocycles. The van der Waals surface area contributed by atoms with Crippen LogP contribution in [0, 0.1) is 25.5 Å². The zero-order chi connectivity index (χ0) is 22.2. The monoisotopic (exact) mass is 414 g/mol. The third-order valence-corrected chi connectivity index (χ3v) is 4.88. The van der Waals surface area contributed by atoms with Crippen LogP contribution in [-0.2, 0) is 12.0 Å². The van der Waals surface area contributed by atoms with E-state index in [4.69, 9.17) is 15.0 Å². The number of ether oxygens (including phenoxy) is 1. The first-order valence-electron chi connectivity index (χ1n) is 9.47. The van der Waals surface area contributed by atoms with Crippen molar-refractivity contribution in [3.8, 4) is 17.1 Å². The van der Waals surface area contributed by atoms with E-state index in [0.29, 0.717) is 11.5 Å². The van der Waals surface area contributed by atoms with E-state index in [1.54, 1.807) is 6.07 Å². The summed E-state index contributed by atoms with van der Waals surface area (Å²) in [5, 5.41) is 3.98. The largest absolute Gasteiger partial charge is 0.484 e. The van der Waals surface area contributed by atoms with Gasteiger partial charge in [0.05, 0.1) is 0 Å². The second-order valence-electron chi connectivity index (χ2n) is 8.30. The molecule has 0 spiro atoms. The van der Waals surface area contributed by atoms with E-state index in [-0.39, 0.29) is 17.8 Å². The number of benzene rings is 2. The summed E-state index contributed by atoms with van der Waals surface area (Å²) in [6, 6.07) is 7.98. The molecule has 0 aliphatic rings. The van der Waals surface area contributed by atoms with Crippen LogP contribution < -0.4 is 10.5 Å². The van der Waals surface area contributed by atoms with Crippen LogP contribution in [0.5, 0.6) is 5.75 Å². The summed E-state index contributed by atoms with van der Waals surface area (Å²) in [4.78, 5) is 11.2. The first kappa shape index (κ1) is 21.5. The molecule has 0 saturated carbocycles. The third-order valence-electron chi connectivity index (χ3n) is 4.88. The predicted octanol–water partition coefficient (Wildman–Crippen LogP) is 5.21. The van der Waals surface area contributed by atoms with Gasteiger partial charge in [0.1, 0.15) is 23.7 Å². The molecule has 0 fully saturated rings. The van der Waals surface area contributed by atoms with Gasteiger partial charge in [-0.15, -0.1) is 0 Å². The number of hydrogen-bond donors (Lipinski definition) is 1. The number of hydrogen-bond acceptors (Lipinski definition) is 4. The highest BCUT2D eigenvalue weighted by Gasteiger charge is 2.21. The van der Waals surface area contributed by atoms with Crippen molar-refractivity contribution in [3.63, 3.8) is 0 Å². The quantitative estimate of drug-likeness (QED) is 0.621. The Kier molecular flexibility index (Phi) is 5.65. The van der Waals surface area contributed by atoms with Crippen LogP contribution >= 0.6 is 0 Å². The average molecular weight is 414 g/mol. The van der Waals surface area contributed by atoms with E-state index in [2.05, 4.69) is 38.1 Å². The van der Waals surface area contributed by atoms with E-state index in [1.165, 1.54) is 5.56 Å². The van der Waals surface area contributed by atoms with Gasteiger partial charge < -0.3 is 15.0 Å². The topological polar surface area (TPSA) is 78.4 Å². The number of aromatic nitrogens is 1. The molecule has 0 radical (unpaired) electrons. The number of halogens is 2. The fourth-order valence-electron chi connectivity index (χ4n) is 3.31. The minimum absolute atomic E-state index is 0.0253. The van der Waals surface area contributed by atoms with Crippen molar-refractivity contribution in [2.45, 2.75) is 46.6 Å². The van der Waals surface area contributed by atoms with E-state index in [9.17, 15) is 13.6 Å². The number of carbonyl (C=O) groups is 1. The molecule has 3 rings (SSSR count). The van der Waals surface area contributed by atoms with E-state index in [1.807, 2.05) is 13.8 Å². The van der Waals surface area contributed by atoms with Gasteiger partial charge in [-0.05, 0) is 48.1 Å². The minimum Gasteiger partial charge on any atom is -0.484 e. The van der Waals surface area contributed by atoms with Gasteiger partial charge in [0, 0.05) is 11.6 Å². The van der Waals surface area contributed by atoms with Gasteiger partial charge in [-0.25, -0.2) is 8.78 Å². The summed E-state index contributed by atoms with van der Waals surface area (Å²) >= 11 is 0. The van der Waals surface area contributed by atoms with Crippen LogP contribution in [0.4, 0.5) is 8.78 Å². The summed E-state index contributed by atoms with van der Waals surface area (Å²) < 4.78 is 38.7. The zero-order valence-electron chi connectivity index (χ0n) is 17.6. The number of aryl methyl sites for hydroxylation is 2. The molecule has 5 nitrogen and oxygen atoms in total. The van der Waals surface area contributed by atoms with Crippen molar-refractivity contribution in [1.29, 1.82) is 0 Å². The van der Waals surface area contributed by atoms with Gasteiger partial charge in [-0.1, -0.05) is 38.1 Å². The van der Waals surface area contributed by atoms with Gasteiger partial charge in [0.2, 0.25) is 0 Å². The van der Waals surface area contributed by atoms with Crippen LogP contribution in [0.2, 0.25) is 0 Å². The van der Waals surface area contributed by atoms with Crippen LogP contribution in [0.3, 0.4) is 0 Å². The van der Waals surface area contributed by atoms with Crippen molar-refractivity contribution in [1.82, 2.24) is 5.16 Å². The van der Waals surface area contributed by atoms with Crippen molar-refractivity contribution in [2.24, 2.45) is 5.73 Å². The molecule has 158 valence electrons. The Labute approximate surface area is 173 Å². The molecular formula is C23H24F2N2O3. The third kappa shape index (κ3) is 4.20. The zero-order valence-corrected chi connectivity index (χ0v) is 17.6. The predicted molar refractivity (Wildman–Crippen MR) is 109 cm³/mol. The normalized spacial score (nSPS) is 11.6. The Bertz CT molecular complexity index is 1090. The first-order valence-corrected chi connectivity index (χ1v) is 9.47. The molecule has 30 heavy (non-hydrogen) atoms. The molecule has 1 aromatic heterocycles. The maximum atomic E-state index is 14.3. The Morgan fingerprint density at radius 2 is 1.77 bits per heavy atom. The van der Waals surface area contributed by atoms with Crippen LogP contribution in [-0.4, -0.2) is 11.1 Å². The summed E-state index contributed by atoms with van der Waals surface area (Å²) in [5.74, 6) is -3.11. The average Bonchev–Trinajstić information content (AvgIpc) is 3.08. The van der Waals surface area contributed by atoms with E-state index < -0.39 is 23.1 Å². The van der Waals surface area contributed by atoms with Gasteiger partial charge in [0.15, 0.2) is 17.3 Å². The first-order chi connectivity index (χ1) is 14.0. The number of amides is 1. The second-order valence-corrected chi connectivity index (χ2v) is 8.30. The van der Waals surface area contributed by atoms with Gasteiger partial charge >= 0.3 is 0 Å². The lowest BCUT2D eigenvalue weighted by Gasteiger charge is -2.21. The molecule has 3 aromatic rings. The standard InChI is InChI=1S/C23H24F2N2O3/c1-12-8-14(23(3,4)5)9-13(2)19(12)18-10-15(27-30-18)11-29-17-7-6-16(24)20(21(17)25)22(26)28/h6-10H,11H2,1-5H3,(H2,26,28). The van der Waals surface area contributed by atoms with Crippen molar-refractivity contribution < 1.29 is 22.8 Å².